The van der Waals surface area contributed by atoms with Crippen LogP contribution in [0.3, 0.4) is 0 Å². The maximum absolute atomic E-state index is 9.90. The molecule has 1 aromatic heterocycles. The lowest BCUT2D eigenvalue weighted by atomic mass is 10.1. The summed E-state index contributed by atoms with van der Waals surface area (Å²) < 4.78 is 1.88. The van der Waals surface area contributed by atoms with Gasteiger partial charge in [-0.3, -0.25) is 0 Å². The lowest BCUT2D eigenvalue weighted by Crippen LogP contribution is -2.24. The molecule has 4 nitrogen and oxygen atoms in total. The highest BCUT2D eigenvalue weighted by Crippen LogP contribution is 2.26. The largest absolute Gasteiger partial charge is 0.506 e. The van der Waals surface area contributed by atoms with Crippen LogP contribution in [0, 0.1) is 6.92 Å². The molecule has 1 aromatic carbocycles. The fourth-order valence-corrected chi connectivity index (χ4v) is 2.36. The van der Waals surface area contributed by atoms with Crippen LogP contribution in [-0.4, -0.2) is 21.4 Å². The first-order valence-corrected chi connectivity index (χ1v) is 5.84. The smallest absolute Gasteiger partial charge is 0.141 e. The minimum Gasteiger partial charge on any atom is -0.506 e. The summed E-state index contributed by atoms with van der Waals surface area (Å²) in [5.74, 6) is 0.274. The van der Waals surface area contributed by atoms with Crippen molar-refractivity contribution in [1.29, 1.82) is 0 Å². The molecular formula is C13H15N3O. The van der Waals surface area contributed by atoms with Gasteiger partial charge in [-0.25, -0.2) is 4.68 Å². The van der Waals surface area contributed by atoms with Gasteiger partial charge in [0, 0.05) is 25.1 Å². The number of phenolic OH excluding ortho intramolecular Hbond substituents is 1. The van der Waals surface area contributed by atoms with Gasteiger partial charge < -0.3 is 10.4 Å². The molecule has 17 heavy (non-hydrogen) atoms. The third kappa shape index (κ3) is 1.61. The van der Waals surface area contributed by atoms with E-state index in [1.165, 1.54) is 11.3 Å². The Labute approximate surface area is 99.9 Å². The van der Waals surface area contributed by atoms with Crippen LogP contribution in [0.2, 0.25) is 0 Å². The van der Waals surface area contributed by atoms with E-state index in [1.807, 2.05) is 29.8 Å². The Morgan fingerprint density at radius 1 is 1.35 bits per heavy atom. The molecule has 0 saturated carbocycles. The van der Waals surface area contributed by atoms with E-state index in [-0.39, 0.29) is 5.75 Å². The normalized spacial score (nSPS) is 14.6. The molecule has 2 N–H and O–H groups in total. The Morgan fingerprint density at radius 3 is 3.00 bits per heavy atom. The Hall–Kier alpha value is -1.81. The van der Waals surface area contributed by atoms with Gasteiger partial charge in [0.15, 0.2) is 0 Å². The van der Waals surface area contributed by atoms with Gasteiger partial charge in [0.1, 0.15) is 11.4 Å². The Balaban J connectivity index is 2.19. The van der Waals surface area contributed by atoms with E-state index in [1.54, 1.807) is 6.07 Å². The first kappa shape index (κ1) is 10.4. The van der Waals surface area contributed by atoms with Crippen LogP contribution in [0.15, 0.2) is 24.3 Å². The van der Waals surface area contributed by atoms with Gasteiger partial charge in [0.25, 0.3) is 0 Å². The molecular weight excluding hydrogens is 214 g/mol. The number of fused-ring (bicyclic) bond motifs is 1. The zero-order valence-electron chi connectivity index (χ0n) is 9.77. The fraction of sp³-hybridized carbons (Fsp3) is 0.308. The van der Waals surface area contributed by atoms with Crippen molar-refractivity contribution in [1.82, 2.24) is 15.1 Å². The van der Waals surface area contributed by atoms with Crippen molar-refractivity contribution in [2.45, 2.75) is 19.9 Å². The zero-order chi connectivity index (χ0) is 11.8. The molecule has 3 rings (SSSR count). The molecule has 0 amide bonds. The van der Waals surface area contributed by atoms with Crippen molar-refractivity contribution >= 4 is 0 Å². The van der Waals surface area contributed by atoms with E-state index in [0.717, 1.165) is 30.9 Å². The predicted molar refractivity (Wildman–Crippen MR) is 65.4 cm³/mol. The molecule has 2 heterocycles. The van der Waals surface area contributed by atoms with Crippen LogP contribution in [0.1, 0.15) is 17.0 Å². The van der Waals surface area contributed by atoms with Crippen LogP contribution in [0.25, 0.3) is 5.69 Å². The van der Waals surface area contributed by atoms with E-state index in [9.17, 15) is 5.11 Å². The average Bonchev–Trinajstić information content (AvgIpc) is 2.68. The number of hydrogen-bond acceptors (Lipinski definition) is 3. The van der Waals surface area contributed by atoms with Gasteiger partial charge in [-0.2, -0.15) is 5.10 Å². The van der Waals surface area contributed by atoms with E-state index >= 15 is 0 Å². The van der Waals surface area contributed by atoms with Gasteiger partial charge in [0.2, 0.25) is 0 Å². The molecule has 0 radical (unpaired) electrons. The molecule has 2 aromatic rings. The lowest BCUT2D eigenvalue weighted by molar-refractivity contribution is 0.469. The molecule has 0 saturated heterocycles. The maximum Gasteiger partial charge on any atom is 0.141 e. The second-order valence-electron chi connectivity index (χ2n) is 4.34. The van der Waals surface area contributed by atoms with E-state index in [2.05, 4.69) is 10.4 Å². The third-order valence-corrected chi connectivity index (χ3v) is 3.24. The standard InChI is InChI=1S/C13H15N3O/c1-9-10-8-14-7-6-11(10)16(15-9)12-4-2-3-5-13(12)17/h2-5,14,17H,6-8H2,1H3. The summed E-state index contributed by atoms with van der Waals surface area (Å²) in [7, 11) is 0. The first-order valence-electron chi connectivity index (χ1n) is 5.84. The van der Waals surface area contributed by atoms with Crippen LogP contribution in [0.4, 0.5) is 0 Å². The van der Waals surface area contributed by atoms with Crippen molar-refractivity contribution < 1.29 is 5.11 Å². The summed E-state index contributed by atoms with van der Waals surface area (Å²) in [5.41, 5.74) is 4.27. The molecule has 0 fully saturated rings. The average molecular weight is 229 g/mol. The Kier molecular flexibility index (Phi) is 2.37. The SMILES string of the molecule is Cc1nn(-c2ccccc2O)c2c1CNCC2. The number of nitrogens with one attached hydrogen (secondary N) is 1. The summed E-state index contributed by atoms with van der Waals surface area (Å²) >= 11 is 0. The second kappa shape index (κ2) is 3.89. The topological polar surface area (TPSA) is 50.1 Å². The van der Waals surface area contributed by atoms with Gasteiger partial charge in [0.05, 0.1) is 11.4 Å². The van der Waals surface area contributed by atoms with E-state index in [4.69, 9.17) is 0 Å². The van der Waals surface area contributed by atoms with Gasteiger partial charge in [-0.15, -0.1) is 0 Å². The summed E-state index contributed by atoms with van der Waals surface area (Å²) in [6.45, 7) is 3.85. The van der Waals surface area contributed by atoms with Crippen molar-refractivity contribution in [3.8, 4) is 11.4 Å². The molecule has 1 aliphatic heterocycles. The van der Waals surface area contributed by atoms with Crippen LogP contribution < -0.4 is 5.32 Å². The Bertz CT molecular complexity index is 560. The number of phenols is 1. The molecule has 0 spiro atoms. The van der Waals surface area contributed by atoms with Gasteiger partial charge in [-0.05, 0) is 19.1 Å². The van der Waals surface area contributed by atoms with E-state index < -0.39 is 0 Å². The molecule has 1 aliphatic rings. The Morgan fingerprint density at radius 2 is 2.18 bits per heavy atom. The predicted octanol–water partition coefficient (Wildman–Crippen LogP) is 1.53. The van der Waals surface area contributed by atoms with Gasteiger partial charge in [-0.1, -0.05) is 12.1 Å². The van der Waals surface area contributed by atoms with Gasteiger partial charge >= 0.3 is 0 Å². The third-order valence-electron chi connectivity index (χ3n) is 3.24. The maximum atomic E-state index is 9.90. The van der Waals surface area contributed by atoms with Crippen LogP contribution >= 0.6 is 0 Å². The number of aromatic hydroxyl groups is 1. The first-order chi connectivity index (χ1) is 8.27. The summed E-state index contributed by atoms with van der Waals surface area (Å²) in [5, 5.41) is 17.8. The minimum atomic E-state index is 0.274. The number of rotatable bonds is 1. The fourth-order valence-electron chi connectivity index (χ4n) is 2.36. The number of para-hydroxylation sites is 2. The lowest BCUT2D eigenvalue weighted by Gasteiger charge is -2.15. The van der Waals surface area contributed by atoms with Crippen molar-refractivity contribution in [3.63, 3.8) is 0 Å². The molecule has 0 aliphatic carbocycles. The number of aryl methyl sites for hydroxylation is 1. The number of nitrogens with zero attached hydrogens (tertiary/aromatic N) is 2. The van der Waals surface area contributed by atoms with Crippen molar-refractivity contribution in [3.05, 3.63) is 41.2 Å². The molecule has 0 atom stereocenters. The number of benzene rings is 1. The highest BCUT2D eigenvalue weighted by molar-refractivity contribution is 5.47. The molecule has 88 valence electrons. The molecule has 0 bridgehead atoms. The zero-order valence-corrected chi connectivity index (χ0v) is 9.77. The number of hydrogen-bond donors (Lipinski definition) is 2. The monoisotopic (exact) mass is 229 g/mol. The number of aromatic nitrogens is 2. The highest BCUT2D eigenvalue weighted by Gasteiger charge is 2.19. The van der Waals surface area contributed by atoms with Crippen molar-refractivity contribution in [2.24, 2.45) is 0 Å². The minimum absolute atomic E-state index is 0.274. The quantitative estimate of drug-likeness (QED) is 0.779. The second-order valence-corrected chi connectivity index (χ2v) is 4.34. The highest BCUT2D eigenvalue weighted by atomic mass is 16.3. The van der Waals surface area contributed by atoms with E-state index in [0.29, 0.717) is 0 Å². The molecule has 4 heteroatoms. The van der Waals surface area contributed by atoms with Crippen LogP contribution in [0.5, 0.6) is 5.75 Å². The summed E-state index contributed by atoms with van der Waals surface area (Å²) in [6, 6.07) is 7.33. The van der Waals surface area contributed by atoms with Crippen molar-refractivity contribution in [2.75, 3.05) is 6.54 Å². The van der Waals surface area contributed by atoms with Crippen LogP contribution in [-0.2, 0) is 13.0 Å². The summed E-state index contributed by atoms with van der Waals surface area (Å²) in [6.07, 6.45) is 0.949. The summed E-state index contributed by atoms with van der Waals surface area (Å²) in [4.78, 5) is 0. The molecule has 0 unspecified atom stereocenters.